The Kier molecular flexibility index (Phi) is 6.58. The van der Waals surface area contributed by atoms with E-state index in [2.05, 4.69) is 10.3 Å². The molecule has 0 unspecified atom stereocenters. The third-order valence-corrected chi connectivity index (χ3v) is 6.14. The van der Waals surface area contributed by atoms with Gasteiger partial charge in [0.15, 0.2) is 5.16 Å². The fraction of sp³-hybridized carbons (Fsp3) is 0.125. The molecule has 0 aliphatic carbocycles. The minimum absolute atomic E-state index is 0.0525. The second-order valence-corrected chi connectivity index (χ2v) is 8.49. The molecule has 0 radical (unpaired) electrons. The number of aromatic nitrogens is 2. The predicted molar refractivity (Wildman–Crippen MR) is 126 cm³/mol. The first kappa shape index (κ1) is 22.0. The molecule has 4 aromatic rings. The summed E-state index contributed by atoms with van der Waals surface area (Å²) in [5.41, 5.74) is 1.56. The molecule has 5 nitrogen and oxygen atoms in total. The van der Waals surface area contributed by atoms with Crippen LogP contribution in [0, 0.1) is 5.82 Å². The van der Waals surface area contributed by atoms with Crippen LogP contribution < -0.4 is 10.9 Å². The number of thioether (sulfide) groups is 1. The number of fused-ring (bicyclic) bond motifs is 1. The SMILES string of the molecule is C[C@H](NC(=O)CSc1nc2ccccc2c(=O)n1-c1ccc(F)c(Cl)c1)c1ccccc1. The topological polar surface area (TPSA) is 64.0 Å². The number of carbonyl (C=O) groups is 1. The van der Waals surface area contributed by atoms with Crippen molar-refractivity contribution in [3.05, 3.63) is 99.6 Å². The molecule has 0 saturated heterocycles. The van der Waals surface area contributed by atoms with Crippen LogP contribution in [0.15, 0.2) is 82.7 Å². The van der Waals surface area contributed by atoms with E-state index >= 15 is 0 Å². The average molecular weight is 468 g/mol. The summed E-state index contributed by atoms with van der Waals surface area (Å²) in [6.45, 7) is 1.91. The summed E-state index contributed by atoms with van der Waals surface area (Å²) < 4.78 is 15.0. The van der Waals surface area contributed by atoms with E-state index in [1.807, 2.05) is 37.3 Å². The van der Waals surface area contributed by atoms with Gasteiger partial charge in [-0.05, 0) is 42.8 Å². The van der Waals surface area contributed by atoms with Gasteiger partial charge in [0.05, 0.1) is 33.4 Å². The van der Waals surface area contributed by atoms with Crippen molar-refractivity contribution in [1.82, 2.24) is 14.9 Å². The maximum atomic E-state index is 13.7. The van der Waals surface area contributed by atoms with Crippen molar-refractivity contribution < 1.29 is 9.18 Å². The lowest BCUT2D eigenvalue weighted by atomic mass is 10.1. The van der Waals surface area contributed by atoms with Crippen molar-refractivity contribution in [3.8, 4) is 5.69 Å². The van der Waals surface area contributed by atoms with Gasteiger partial charge in [-0.2, -0.15) is 0 Å². The van der Waals surface area contributed by atoms with Gasteiger partial charge in [0.25, 0.3) is 5.56 Å². The van der Waals surface area contributed by atoms with E-state index in [0.29, 0.717) is 21.7 Å². The molecule has 1 heterocycles. The number of para-hydroxylation sites is 1. The van der Waals surface area contributed by atoms with Crippen molar-refractivity contribution in [2.24, 2.45) is 0 Å². The minimum atomic E-state index is -0.583. The van der Waals surface area contributed by atoms with Gasteiger partial charge in [0.2, 0.25) is 5.91 Å². The summed E-state index contributed by atoms with van der Waals surface area (Å²) in [5.74, 6) is -0.727. The minimum Gasteiger partial charge on any atom is -0.349 e. The first-order chi connectivity index (χ1) is 15.4. The van der Waals surface area contributed by atoms with Gasteiger partial charge in [-0.1, -0.05) is 65.8 Å². The van der Waals surface area contributed by atoms with Crippen molar-refractivity contribution >= 4 is 40.2 Å². The van der Waals surface area contributed by atoms with Crippen molar-refractivity contribution in [2.45, 2.75) is 18.1 Å². The predicted octanol–water partition coefficient (Wildman–Crippen LogP) is 5.15. The molecule has 3 aromatic carbocycles. The fourth-order valence-corrected chi connectivity index (χ4v) is 4.30. The van der Waals surface area contributed by atoms with Crippen LogP contribution in [0.3, 0.4) is 0 Å². The fourth-order valence-electron chi connectivity index (χ4n) is 3.30. The lowest BCUT2D eigenvalue weighted by Crippen LogP contribution is -2.29. The van der Waals surface area contributed by atoms with Gasteiger partial charge in [0, 0.05) is 0 Å². The van der Waals surface area contributed by atoms with Crippen LogP contribution in [0.4, 0.5) is 4.39 Å². The van der Waals surface area contributed by atoms with Gasteiger partial charge in [-0.25, -0.2) is 9.37 Å². The summed E-state index contributed by atoms with van der Waals surface area (Å²) in [4.78, 5) is 30.4. The van der Waals surface area contributed by atoms with Crippen LogP contribution >= 0.6 is 23.4 Å². The standard InChI is InChI=1S/C24H19ClFN3O2S/c1-15(16-7-3-2-4-8-16)27-22(30)14-32-24-28-21-10-6-5-9-18(21)23(31)29(24)17-11-12-20(26)19(25)13-17/h2-13,15H,14H2,1H3,(H,27,30)/t15-/m0/s1. The molecular formula is C24H19ClFN3O2S. The highest BCUT2D eigenvalue weighted by Crippen LogP contribution is 2.24. The van der Waals surface area contributed by atoms with Gasteiger partial charge in [-0.15, -0.1) is 0 Å². The molecule has 0 saturated carbocycles. The summed E-state index contributed by atoms with van der Waals surface area (Å²) in [6.07, 6.45) is 0. The number of nitrogens with zero attached hydrogens (tertiary/aromatic N) is 2. The van der Waals surface area contributed by atoms with Crippen LogP contribution in [0.5, 0.6) is 0 Å². The van der Waals surface area contributed by atoms with Crippen molar-refractivity contribution in [3.63, 3.8) is 0 Å². The van der Waals surface area contributed by atoms with E-state index in [0.717, 1.165) is 17.3 Å². The zero-order chi connectivity index (χ0) is 22.7. The molecule has 32 heavy (non-hydrogen) atoms. The normalized spacial score (nSPS) is 12.0. The molecule has 0 bridgehead atoms. The van der Waals surface area contributed by atoms with E-state index in [-0.39, 0.29) is 28.3 Å². The first-order valence-electron chi connectivity index (χ1n) is 9.88. The number of carbonyl (C=O) groups excluding carboxylic acids is 1. The summed E-state index contributed by atoms with van der Waals surface area (Å²) >= 11 is 7.08. The van der Waals surface area contributed by atoms with Gasteiger partial charge >= 0.3 is 0 Å². The van der Waals surface area contributed by atoms with Crippen LogP contribution in [0.25, 0.3) is 16.6 Å². The average Bonchev–Trinajstić information content (AvgIpc) is 2.80. The molecule has 1 N–H and O–H groups in total. The highest BCUT2D eigenvalue weighted by atomic mass is 35.5. The molecule has 1 aromatic heterocycles. The van der Waals surface area contributed by atoms with Gasteiger partial charge in [0.1, 0.15) is 5.82 Å². The van der Waals surface area contributed by atoms with Gasteiger partial charge in [-0.3, -0.25) is 14.2 Å². The second-order valence-electron chi connectivity index (χ2n) is 7.14. The van der Waals surface area contributed by atoms with E-state index in [1.54, 1.807) is 24.3 Å². The number of amides is 1. The first-order valence-corrected chi connectivity index (χ1v) is 11.2. The van der Waals surface area contributed by atoms with Crippen LogP contribution in [-0.4, -0.2) is 21.2 Å². The molecule has 1 amide bonds. The number of halogens is 2. The van der Waals surface area contributed by atoms with Gasteiger partial charge < -0.3 is 5.32 Å². The lowest BCUT2D eigenvalue weighted by molar-refractivity contribution is -0.119. The zero-order valence-corrected chi connectivity index (χ0v) is 18.7. The van der Waals surface area contributed by atoms with Crippen LogP contribution in [0.1, 0.15) is 18.5 Å². The number of rotatable bonds is 6. The Hall–Kier alpha value is -3.16. The number of benzene rings is 3. The van der Waals surface area contributed by atoms with E-state index in [9.17, 15) is 14.0 Å². The van der Waals surface area contributed by atoms with E-state index in [4.69, 9.17) is 11.6 Å². The molecule has 0 spiro atoms. The molecular weight excluding hydrogens is 449 g/mol. The number of hydrogen-bond donors (Lipinski definition) is 1. The maximum Gasteiger partial charge on any atom is 0.266 e. The summed E-state index contributed by atoms with van der Waals surface area (Å²) in [5, 5.41) is 3.58. The molecule has 4 rings (SSSR count). The molecule has 0 aliphatic heterocycles. The largest absolute Gasteiger partial charge is 0.349 e. The molecule has 0 aliphatic rings. The Morgan fingerprint density at radius 2 is 1.84 bits per heavy atom. The van der Waals surface area contributed by atoms with E-state index < -0.39 is 5.82 Å². The molecule has 8 heteroatoms. The van der Waals surface area contributed by atoms with Crippen LogP contribution in [0.2, 0.25) is 5.02 Å². The Balaban J connectivity index is 1.64. The lowest BCUT2D eigenvalue weighted by Gasteiger charge is -2.16. The molecule has 0 fully saturated rings. The Morgan fingerprint density at radius 3 is 2.59 bits per heavy atom. The highest BCUT2D eigenvalue weighted by Gasteiger charge is 2.17. The maximum absolute atomic E-state index is 13.7. The van der Waals surface area contributed by atoms with Crippen LogP contribution in [-0.2, 0) is 4.79 Å². The Bertz CT molecular complexity index is 1340. The van der Waals surface area contributed by atoms with E-state index in [1.165, 1.54) is 22.8 Å². The smallest absolute Gasteiger partial charge is 0.266 e. The quantitative estimate of drug-likeness (QED) is 0.315. The molecule has 1 atom stereocenters. The third-order valence-electron chi connectivity index (χ3n) is 4.92. The second kappa shape index (κ2) is 9.54. The number of hydrogen-bond acceptors (Lipinski definition) is 4. The summed E-state index contributed by atoms with van der Waals surface area (Å²) in [6, 6.07) is 20.4. The Labute approximate surface area is 193 Å². The highest BCUT2D eigenvalue weighted by molar-refractivity contribution is 7.99. The number of nitrogens with one attached hydrogen (secondary N) is 1. The summed E-state index contributed by atoms with van der Waals surface area (Å²) in [7, 11) is 0. The van der Waals surface area contributed by atoms with Crippen molar-refractivity contribution in [2.75, 3.05) is 5.75 Å². The monoisotopic (exact) mass is 467 g/mol. The third kappa shape index (κ3) is 4.69. The molecule has 162 valence electrons. The Morgan fingerprint density at radius 1 is 1.12 bits per heavy atom. The van der Waals surface area contributed by atoms with Crippen molar-refractivity contribution in [1.29, 1.82) is 0 Å². The zero-order valence-electron chi connectivity index (χ0n) is 17.1.